The lowest BCUT2D eigenvalue weighted by molar-refractivity contribution is -0.139. The van der Waals surface area contributed by atoms with Crippen LogP contribution >= 0.6 is 35.1 Å². The summed E-state index contributed by atoms with van der Waals surface area (Å²) in [6.45, 7) is 2.05. The summed E-state index contributed by atoms with van der Waals surface area (Å²) in [5, 5.41) is 6.93. The third-order valence-corrected chi connectivity index (χ3v) is 4.91. The molecule has 6 nitrogen and oxygen atoms in total. The van der Waals surface area contributed by atoms with Gasteiger partial charge in [-0.3, -0.25) is 9.59 Å². The van der Waals surface area contributed by atoms with Gasteiger partial charge in [-0.1, -0.05) is 16.8 Å². The first-order valence-electron chi connectivity index (χ1n) is 7.38. The van der Waals surface area contributed by atoms with E-state index >= 15 is 0 Å². The largest absolute Gasteiger partial charge is 0.464 e. The Balaban J connectivity index is 1.53. The molecule has 0 spiro atoms. The summed E-state index contributed by atoms with van der Waals surface area (Å²) in [6, 6.07) is 9.09. The molecule has 1 heterocycles. The maximum Gasteiger partial charge on any atom is 0.315 e. The number of carbonyl (C=O) groups excluding carboxylic acids is 2. The second kappa shape index (κ2) is 10.4. The van der Waals surface area contributed by atoms with Crippen molar-refractivity contribution in [2.45, 2.75) is 11.8 Å². The van der Waals surface area contributed by atoms with Crippen molar-refractivity contribution in [2.75, 3.05) is 29.2 Å². The molecule has 9 heteroatoms. The van der Waals surface area contributed by atoms with Gasteiger partial charge >= 0.3 is 5.97 Å². The van der Waals surface area contributed by atoms with Crippen LogP contribution in [0.2, 0.25) is 5.02 Å². The van der Waals surface area contributed by atoms with Crippen LogP contribution in [-0.4, -0.2) is 40.9 Å². The lowest BCUT2D eigenvalue weighted by atomic mass is 10.4. The second-order valence-electron chi connectivity index (χ2n) is 4.89. The van der Waals surface area contributed by atoms with Gasteiger partial charge in [-0.05, 0) is 31.2 Å². The summed E-state index contributed by atoms with van der Waals surface area (Å²) < 4.78 is 9.97. The number of amides is 1. The van der Waals surface area contributed by atoms with Gasteiger partial charge in [-0.25, -0.2) is 0 Å². The van der Waals surface area contributed by atoms with Gasteiger partial charge < -0.3 is 14.6 Å². The van der Waals surface area contributed by atoms with Crippen molar-refractivity contribution < 1.29 is 18.8 Å². The number of carbonyl (C=O) groups is 2. The fourth-order valence-corrected chi connectivity index (χ4v) is 3.19. The highest BCUT2D eigenvalue weighted by molar-refractivity contribution is 8.00. The molecule has 0 aliphatic heterocycles. The number of hydrogen-bond donors (Lipinski definition) is 1. The highest BCUT2D eigenvalue weighted by Gasteiger charge is 2.09. The number of rotatable bonds is 9. The molecular formula is C16H17ClN2O4S2. The molecule has 0 fully saturated rings. The predicted molar refractivity (Wildman–Crippen MR) is 100 cm³/mol. The minimum atomic E-state index is -0.341. The monoisotopic (exact) mass is 400 g/mol. The smallest absolute Gasteiger partial charge is 0.315 e. The number of aryl methyl sites for hydroxylation is 1. The summed E-state index contributed by atoms with van der Waals surface area (Å²) in [5.74, 6) is 1.31. The number of halogens is 1. The van der Waals surface area contributed by atoms with Gasteiger partial charge in [0.05, 0.1) is 11.5 Å². The van der Waals surface area contributed by atoms with Crippen molar-refractivity contribution in [3.8, 4) is 0 Å². The number of esters is 1. The number of nitrogens with one attached hydrogen (secondary N) is 1. The van der Waals surface area contributed by atoms with E-state index in [1.807, 2.05) is 24.3 Å². The van der Waals surface area contributed by atoms with E-state index in [4.69, 9.17) is 20.9 Å². The summed E-state index contributed by atoms with van der Waals surface area (Å²) in [6.07, 6.45) is 0. The van der Waals surface area contributed by atoms with E-state index in [1.54, 1.807) is 24.8 Å². The first-order valence-corrected chi connectivity index (χ1v) is 9.89. The van der Waals surface area contributed by atoms with Gasteiger partial charge in [0.15, 0.2) is 5.82 Å². The van der Waals surface area contributed by atoms with Crippen LogP contribution in [-0.2, 0) is 14.3 Å². The molecule has 2 rings (SSSR count). The Labute approximate surface area is 159 Å². The fraction of sp³-hybridized carbons (Fsp3) is 0.312. The van der Waals surface area contributed by atoms with Crippen LogP contribution in [0.15, 0.2) is 39.8 Å². The van der Waals surface area contributed by atoms with Crippen LogP contribution in [0.3, 0.4) is 0 Å². The summed E-state index contributed by atoms with van der Waals surface area (Å²) in [4.78, 5) is 24.3. The van der Waals surface area contributed by atoms with Crippen molar-refractivity contribution in [1.29, 1.82) is 0 Å². The molecule has 2 aromatic rings. The molecule has 25 heavy (non-hydrogen) atoms. The van der Waals surface area contributed by atoms with Crippen molar-refractivity contribution in [3.05, 3.63) is 41.1 Å². The molecule has 1 aromatic heterocycles. The molecule has 0 radical (unpaired) electrons. The number of ether oxygens (including phenoxy) is 1. The molecule has 0 atom stereocenters. The van der Waals surface area contributed by atoms with Crippen molar-refractivity contribution >= 4 is 52.8 Å². The summed E-state index contributed by atoms with van der Waals surface area (Å²) in [7, 11) is 0. The Bertz CT molecular complexity index is 706. The zero-order valence-electron chi connectivity index (χ0n) is 13.5. The van der Waals surface area contributed by atoms with E-state index in [2.05, 4.69) is 10.5 Å². The molecule has 1 N–H and O–H groups in total. The average Bonchev–Trinajstić information content (AvgIpc) is 2.98. The molecule has 1 aromatic carbocycles. The summed E-state index contributed by atoms with van der Waals surface area (Å²) >= 11 is 8.58. The molecular weight excluding hydrogens is 384 g/mol. The Morgan fingerprint density at radius 1 is 1.28 bits per heavy atom. The molecule has 0 aliphatic carbocycles. The molecule has 0 saturated heterocycles. The van der Waals surface area contributed by atoms with Crippen LogP contribution in [0, 0.1) is 6.92 Å². The van der Waals surface area contributed by atoms with Gasteiger partial charge in [0.25, 0.3) is 0 Å². The SMILES string of the molecule is Cc1cc(NC(=O)CSCC(=O)OCCSc2ccc(Cl)cc2)no1. The van der Waals surface area contributed by atoms with Crippen LogP contribution < -0.4 is 5.32 Å². The van der Waals surface area contributed by atoms with Crippen LogP contribution in [0.25, 0.3) is 0 Å². The van der Waals surface area contributed by atoms with Crippen LogP contribution in [0.4, 0.5) is 5.82 Å². The Kier molecular flexibility index (Phi) is 8.17. The van der Waals surface area contributed by atoms with Gasteiger partial charge in [0.2, 0.25) is 5.91 Å². The van der Waals surface area contributed by atoms with Crippen molar-refractivity contribution in [1.82, 2.24) is 5.16 Å². The Morgan fingerprint density at radius 3 is 2.72 bits per heavy atom. The highest BCUT2D eigenvalue weighted by atomic mass is 35.5. The number of aromatic nitrogens is 1. The van der Waals surface area contributed by atoms with Gasteiger partial charge in [-0.2, -0.15) is 0 Å². The maximum atomic E-state index is 11.7. The topological polar surface area (TPSA) is 81.4 Å². The zero-order valence-corrected chi connectivity index (χ0v) is 15.9. The Hall–Kier alpha value is -1.64. The summed E-state index contributed by atoms with van der Waals surface area (Å²) in [5.41, 5.74) is 0. The normalized spacial score (nSPS) is 10.5. The highest BCUT2D eigenvalue weighted by Crippen LogP contribution is 2.20. The third-order valence-electron chi connectivity index (χ3n) is 2.78. The second-order valence-corrected chi connectivity index (χ2v) is 7.48. The molecule has 1 amide bonds. The number of hydrogen-bond acceptors (Lipinski definition) is 7. The number of benzene rings is 1. The lowest BCUT2D eigenvalue weighted by Crippen LogP contribution is -2.16. The number of thioether (sulfide) groups is 2. The van der Waals surface area contributed by atoms with Gasteiger partial charge in [-0.15, -0.1) is 23.5 Å². The van der Waals surface area contributed by atoms with Crippen LogP contribution in [0.5, 0.6) is 0 Å². The fourth-order valence-electron chi connectivity index (χ4n) is 1.72. The Morgan fingerprint density at radius 2 is 2.04 bits per heavy atom. The minimum absolute atomic E-state index is 0.122. The standard InChI is InChI=1S/C16H17ClN2O4S2/c1-11-8-14(19-23-11)18-15(20)9-24-10-16(21)22-6-7-25-13-4-2-12(17)3-5-13/h2-5,8H,6-7,9-10H2,1H3,(H,18,19,20). The minimum Gasteiger partial charge on any atom is -0.464 e. The van der Waals surface area contributed by atoms with E-state index in [0.29, 0.717) is 29.0 Å². The van der Waals surface area contributed by atoms with E-state index in [0.717, 1.165) is 4.90 Å². The molecule has 0 bridgehead atoms. The van der Waals surface area contributed by atoms with E-state index < -0.39 is 0 Å². The third kappa shape index (κ3) is 7.85. The lowest BCUT2D eigenvalue weighted by Gasteiger charge is -2.05. The van der Waals surface area contributed by atoms with Crippen molar-refractivity contribution in [2.24, 2.45) is 0 Å². The maximum absolute atomic E-state index is 11.7. The quantitative estimate of drug-likeness (QED) is 0.391. The first kappa shape index (κ1) is 19.7. The van der Waals surface area contributed by atoms with Crippen LogP contribution in [0.1, 0.15) is 5.76 Å². The van der Waals surface area contributed by atoms with E-state index in [-0.39, 0.29) is 23.4 Å². The van der Waals surface area contributed by atoms with Gasteiger partial charge in [0, 0.05) is 21.7 Å². The zero-order chi connectivity index (χ0) is 18.1. The number of anilines is 1. The molecule has 0 saturated carbocycles. The molecule has 0 aliphatic rings. The van der Waals surface area contributed by atoms with Crippen molar-refractivity contribution in [3.63, 3.8) is 0 Å². The van der Waals surface area contributed by atoms with E-state index in [9.17, 15) is 9.59 Å². The molecule has 0 unspecified atom stereocenters. The number of nitrogens with zero attached hydrogens (tertiary/aromatic N) is 1. The average molecular weight is 401 g/mol. The predicted octanol–water partition coefficient (Wildman–Crippen LogP) is 3.64. The first-order chi connectivity index (χ1) is 12.0. The van der Waals surface area contributed by atoms with E-state index in [1.165, 1.54) is 11.8 Å². The molecule has 134 valence electrons. The van der Waals surface area contributed by atoms with Gasteiger partial charge in [0.1, 0.15) is 12.4 Å².